The van der Waals surface area contributed by atoms with Crippen LogP contribution in [-0.2, 0) is 0 Å². The van der Waals surface area contributed by atoms with Crippen LogP contribution in [0, 0.1) is 0 Å². The van der Waals surface area contributed by atoms with Gasteiger partial charge in [0.1, 0.15) is 5.83 Å². The number of alkyl halides is 2. The highest BCUT2D eigenvalue weighted by Crippen LogP contribution is 2.34. The van der Waals surface area contributed by atoms with Crippen LogP contribution in [0.2, 0.25) is 0 Å². The molecule has 1 aliphatic carbocycles. The smallest absolute Gasteiger partial charge is 0.219 e. The van der Waals surface area contributed by atoms with Gasteiger partial charge in [-0.15, -0.1) is 0 Å². The van der Waals surface area contributed by atoms with Gasteiger partial charge in [0.15, 0.2) is 0 Å². The first-order valence-corrected chi connectivity index (χ1v) is 3.34. The van der Waals surface area contributed by atoms with Crippen LogP contribution >= 0.6 is 15.9 Å². The van der Waals surface area contributed by atoms with Crippen molar-refractivity contribution in [1.29, 1.82) is 0 Å². The molecule has 0 fully saturated rings. The average molecular weight is 195 g/mol. The van der Waals surface area contributed by atoms with Gasteiger partial charge in [0.05, 0.1) is 0 Å². The lowest BCUT2D eigenvalue weighted by molar-refractivity contribution is 0.348. The summed E-state index contributed by atoms with van der Waals surface area (Å²) >= 11 is 2.56. The first-order valence-electron chi connectivity index (χ1n) is 2.54. The largest absolute Gasteiger partial charge is 0.233 e. The van der Waals surface area contributed by atoms with Gasteiger partial charge in [0.2, 0.25) is 4.58 Å². The molecule has 1 rings (SSSR count). The lowest BCUT2D eigenvalue weighted by Crippen LogP contribution is -2.12. The van der Waals surface area contributed by atoms with Gasteiger partial charge in [-0.25, -0.2) is 8.78 Å². The number of halogens is 3. The van der Waals surface area contributed by atoms with E-state index in [4.69, 9.17) is 0 Å². The predicted molar refractivity (Wildman–Crippen MR) is 35.7 cm³/mol. The SMILES string of the molecule is FC1=CCC=CC1(F)Br. The van der Waals surface area contributed by atoms with Crippen molar-refractivity contribution in [2.45, 2.75) is 11.0 Å². The maximum Gasteiger partial charge on any atom is 0.233 e. The molecule has 0 aromatic heterocycles. The second kappa shape index (κ2) is 2.21. The molecule has 0 saturated carbocycles. The Labute approximate surface area is 60.4 Å². The average Bonchev–Trinajstić information content (AvgIpc) is 1.77. The van der Waals surface area contributed by atoms with E-state index < -0.39 is 10.4 Å². The van der Waals surface area contributed by atoms with E-state index in [2.05, 4.69) is 15.9 Å². The molecule has 0 aromatic carbocycles. The number of allylic oxidation sites excluding steroid dienone is 4. The Kier molecular flexibility index (Phi) is 1.70. The molecular weight excluding hydrogens is 190 g/mol. The van der Waals surface area contributed by atoms with E-state index in [1.54, 1.807) is 6.08 Å². The van der Waals surface area contributed by atoms with Crippen LogP contribution in [-0.4, -0.2) is 4.58 Å². The highest BCUT2D eigenvalue weighted by Gasteiger charge is 2.29. The Morgan fingerprint density at radius 3 is 2.67 bits per heavy atom. The van der Waals surface area contributed by atoms with Gasteiger partial charge in [0, 0.05) is 0 Å². The summed E-state index contributed by atoms with van der Waals surface area (Å²) in [6.07, 6.45) is 4.40. The number of rotatable bonds is 0. The molecule has 0 amide bonds. The maximum atomic E-state index is 12.7. The summed E-state index contributed by atoms with van der Waals surface area (Å²) in [6, 6.07) is 0. The monoisotopic (exact) mass is 194 g/mol. The van der Waals surface area contributed by atoms with Gasteiger partial charge >= 0.3 is 0 Å². The zero-order chi connectivity index (χ0) is 6.91. The molecular formula is C6H5BrF2. The van der Waals surface area contributed by atoms with Crippen molar-refractivity contribution >= 4 is 15.9 Å². The Balaban J connectivity index is 2.83. The Morgan fingerprint density at radius 1 is 1.67 bits per heavy atom. The molecule has 0 aliphatic heterocycles. The highest BCUT2D eigenvalue weighted by atomic mass is 79.9. The molecule has 0 aromatic rings. The molecule has 0 nitrogen and oxygen atoms in total. The van der Waals surface area contributed by atoms with Crippen molar-refractivity contribution in [3.8, 4) is 0 Å². The van der Waals surface area contributed by atoms with Gasteiger partial charge in [-0.3, -0.25) is 0 Å². The van der Waals surface area contributed by atoms with E-state index in [1.807, 2.05) is 0 Å². The standard InChI is InChI=1S/C6H5BrF2/c7-6(9)4-2-1-3-5(6)8/h2-4H,1H2. The molecule has 50 valence electrons. The molecule has 9 heavy (non-hydrogen) atoms. The van der Waals surface area contributed by atoms with Gasteiger partial charge in [-0.1, -0.05) is 6.08 Å². The Morgan fingerprint density at radius 2 is 2.33 bits per heavy atom. The fourth-order valence-corrected chi connectivity index (χ4v) is 0.952. The van der Waals surface area contributed by atoms with Crippen LogP contribution in [0.25, 0.3) is 0 Å². The van der Waals surface area contributed by atoms with E-state index in [0.29, 0.717) is 6.42 Å². The molecule has 3 heteroatoms. The van der Waals surface area contributed by atoms with Crippen molar-refractivity contribution in [3.63, 3.8) is 0 Å². The zero-order valence-corrected chi connectivity index (χ0v) is 6.16. The fourth-order valence-electron chi connectivity index (χ4n) is 0.603. The summed E-state index contributed by atoms with van der Waals surface area (Å²) in [4.78, 5) is 0. The summed E-state index contributed by atoms with van der Waals surface area (Å²) in [7, 11) is 0. The van der Waals surface area contributed by atoms with Gasteiger partial charge < -0.3 is 0 Å². The van der Waals surface area contributed by atoms with Crippen molar-refractivity contribution in [1.82, 2.24) is 0 Å². The maximum absolute atomic E-state index is 12.7. The van der Waals surface area contributed by atoms with E-state index in [9.17, 15) is 8.78 Å². The van der Waals surface area contributed by atoms with E-state index in [1.165, 1.54) is 6.08 Å². The molecule has 0 saturated heterocycles. The van der Waals surface area contributed by atoms with Gasteiger partial charge in [-0.2, -0.15) is 0 Å². The predicted octanol–water partition coefficient (Wildman–Crippen LogP) is 2.86. The topological polar surface area (TPSA) is 0 Å². The fraction of sp³-hybridized carbons (Fsp3) is 0.333. The van der Waals surface area contributed by atoms with Crippen LogP contribution in [0.3, 0.4) is 0 Å². The second-order valence-corrected chi connectivity index (χ2v) is 2.97. The summed E-state index contributed by atoms with van der Waals surface area (Å²) in [5, 5.41) is 0. The van der Waals surface area contributed by atoms with Crippen molar-refractivity contribution in [2.75, 3.05) is 0 Å². The van der Waals surface area contributed by atoms with Crippen molar-refractivity contribution < 1.29 is 8.78 Å². The third-order valence-corrected chi connectivity index (χ3v) is 1.72. The molecule has 0 bridgehead atoms. The summed E-state index contributed by atoms with van der Waals surface area (Å²) in [5.41, 5.74) is 0. The Hall–Kier alpha value is -0.180. The van der Waals surface area contributed by atoms with Crippen LogP contribution in [0.15, 0.2) is 24.1 Å². The lowest BCUT2D eigenvalue weighted by Gasteiger charge is -2.13. The molecule has 1 aliphatic rings. The van der Waals surface area contributed by atoms with Crippen molar-refractivity contribution in [2.24, 2.45) is 0 Å². The first-order chi connectivity index (χ1) is 4.13. The molecule has 0 radical (unpaired) electrons. The Bertz CT molecular complexity index is 170. The molecule has 0 heterocycles. The summed E-state index contributed by atoms with van der Waals surface area (Å²) in [6.45, 7) is 0. The number of hydrogen-bond acceptors (Lipinski definition) is 0. The minimum atomic E-state index is -2.04. The molecule has 0 spiro atoms. The van der Waals surface area contributed by atoms with Crippen LogP contribution in [0.4, 0.5) is 8.78 Å². The van der Waals surface area contributed by atoms with Gasteiger partial charge in [-0.05, 0) is 34.5 Å². The van der Waals surface area contributed by atoms with E-state index in [-0.39, 0.29) is 0 Å². The van der Waals surface area contributed by atoms with E-state index in [0.717, 1.165) is 6.08 Å². The van der Waals surface area contributed by atoms with Gasteiger partial charge in [0.25, 0.3) is 0 Å². The molecule has 0 N–H and O–H groups in total. The molecule has 1 unspecified atom stereocenters. The minimum absolute atomic E-state index is 0.475. The highest BCUT2D eigenvalue weighted by molar-refractivity contribution is 9.10. The van der Waals surface area contributed by atoms with Crippen LogP contribution < -0.4 is 0 Å². The van der Waals surface area contributed by atoms with Crippen molar-refractivity contribution in [3.05, 3.63) is 24.1 Å². The van der Waals surface area contributed by atoms with Crippen LogP contribution in [0.1, 0.15) is 6.42 Å². The second-order valence-electron chi connectivity index (χ2n) is 1.81. The minimum Gasteiger partial charge on any atom is -0.219 e. The van der Waals surface area contributed by atoms with Crippen LogP contribution in [0.5, 0.6) is 0 Å². The summed E-state index contributed by atoms with van der Waals surface area (Å²) in [5.74, 6) is -0.759. The number of hydrogen-bond donors (Lipinski definition) is 0. The molecule has 1 atom stereocenters. The third kappa shape index (κ3) is 1.39. The summed E-state index contributed by atoms with van der Waals surface area (Å²) < 4.78 is 23.0. The zero-order valence-electron chi connectivity index (χ0n) is 4.57. The van der Waals surface area contributed by atoms with E-state index >= 15 is 0 Å². The normalized spacial score (nSPS) is 34.3. The first kappa shape index (κ1) is 6.93. The lowest BCUT2D eigenvalue weighted by atomic mass is 10.2. The third-order valence-electron chi connectivity index (χ3n) is 1.08. The quantitative estimate of drug-likeness (QED) is 0.411.